The molecule has 0 unspecified atom stereocenters. The minimum Gasteiger partial charge on any atom is -0.423 e. The number of aryl methyl sites for hydroxylation is 4. The van der Waals surface area contributed by atoms with Crippen molar-refractivity contribution >= 4 is 6.16 Å². The van der Waals surface area contributed by atoms with Gasteiger partial charge in [0.05, 0.1) is 0 Å². The Kier molecular flexibility index (Phi) is 5.65. The molecule has 3 nitrogen and oxygen atoms in total. The van der Waals surface area contributed by atoms with Crippen molar-refractivity contribution in [3.8, 4) is 0 Å². The van der Waals surface area contributed by atoms with Crippen molar-refractivity contribution in [2.24, 2.45) is 0 Å². The van der Waals surface area contributed by atoms with Crippen LogP contribution in [0.2, 0.25) is 0 Å². The third-order valence-corrected chi connectivity index (χ3v) is 6.86. The summed E-state index contributed by atoms with van der Waals surface area (Å²) in [6, 6.07) is 13.2. The molecule has 2 aliphatic rings. The van der Waals surface area contributed by atoms with Crippen LogP contribution in [0.5, 0.6) is 0 Å². The highest BCUT2D eigenvalue weighted by Gasteiger charge is 2.54. The zero-order valence-electron chi connectivity index (χ0n) is 18.8. The highest BCUT2D eigenvalue weighted by molar-refractivity contribution is 5.64. The maximum Gasteiger partial charge on any atom is 0.510 e. The van der Waals surface area contributed by atoms with Gasteiger partial charge in [0.1, 0.15) is 11.2 Å². The number of hydrogen-bond donors (Lipinski definition) is 0. The van der Waals surface area contributed by atoms with E-state index in [4.69, 9.17) is 9.47 Å². The molecule has 0 bridgehead atoms. The molecule has 2 saturated carbocycles. The molecule has 2 aromatic carbocycles. The van der Waals surface area contributed by atoms with Crippen LogP contribution in [-0.2, 0) is 46.4 Å². The molecule has 3 heteroatoms. The van der Waals surface area contributed by atoms with E-state index in [2.05, 4.69) is 64.1 Å². The van der Waals surface area contributed by atoms with Gasteiger partial charge in [-0.1, -0.05) is 64.1 Å². The fourth-order valence-corrected chi connectivity index (χ4v) is 4.63. The van der Waals surface area contributed by atoms with E-state index >= 15 is 0 Å². The van der Waals surface area contributed by atoms with Crippen LogP contribution in [0.25, 0.3) is 0 Å². The fraction of sp³-hybridized carbons (Fsp3) is 0.519. The predicted molar refractivity (Wildman–Crippen MR) is 120 cm³/mol. The molecule has 0 spiro atoms. The molecule has 160 valence electrons. The van der Waals surface area contributed by atoms with Gasteiger partial charge in [0.15, 0.2) is 0 Å². The molecule has 0 radical (unpaired) electrons. The summed E-state index contributed by atoms with van der Waals surface area (Å²) in [5, 5.41) is 0. The number of ether oxygens (including phenoxy) is 2. The van der Waals surface area contributed by atoms with Crippen molar-refractivity contribution in [1.82, 2.24) is 0 Å². The molecule has 0 N–H and O–H groups in total. The van der Waals surface area contributed by atoms with Crippen molar-refractivity contribution in [2.45, 2.75) is 90.3 Å². The first kappa shape index (κ1) is 21.0. The predicted octanol–water partition coefficient (Wildman–Crippen LogP) is 6.77. The van der Waals surface area contributed by atoms with E-state index in [1.54, 1.807) is 0 Å². The Balaban J connectivity index is 1.52. The van der Waals surface area contributed by atoms with Gasteiger partial charge in [0, 0.05) is 0 Å². The summed E-state index contributed by atoms with van der Waals surface area (Å²) in [7, 11) is 0. The molecule has 0 amide bonds. The van der Waals surface area contributed by atoms with Crippen molar-refractivity contribution in [1.29, 1.82) is 0 Å². The lowest BCUT2D eigenvalue weighted by molar-refractivity contribution is -0.0221. The standard InChI is InChI=1S/C27H34O3/c1-5-19-9-11-23(21(7-3)17-19)26(13-14-26)29-25(28)30-27(15-16-27)24-12-10-20(6-2)18-22(24)8-4/h9-12,17-18H,5-8,13-16H2,1-4H3. The Morgan fingerprint density at radius 3 is 1.40 bits per heavy atom. The number of carbonyl (C=O) groups excluding carboxylic acids is 1. The Hall–Kier alpha value is -2.29. The van der Waals surface area contributed by atoms with Crippen LogP contribution in [0.1, 0.15) is 86.8 Å². The van der Waals surface area contributed by atoms with Crippen LogP contribution < -0.4 is 0 Å². The van der Waals surface area contributed by atoms with Crippen LogP contribution in [0.4, 0.5) is 4.79 Å². The molecular weight excluding hydrogens is 372 g/mol. The number of benzene rings is 2. The van der Waals surface area contributed by atoms with E-state index in [0.29, 0.717) is 0 Å². The van der Waals surface area contributed by atoms with E-state index < -0.39 is 17.4 Å². The molecular formula is C27H34O3. The maximum absolute atomic E-state index is 12.9. The highest BCUT2D eigenvalue weighted by Crippen LogP contribution is 2.54. The smallest absolute Gasteiger partial charge is 0.423 e. The van der Waals surface area contributed by atoms with Gasteiger partial charge in [0.2, 0.25) is 0 Å². The summed E-state index contributed by atoms with van der Waals surface area (Å²) in [5.74, 6) is 0. The van der Waals surface area contributed by atoms with Gasteiger partial charge in [-0.2, -0.15) is 0 Å². The number of rotatable bonds is 8. The van der Waals surface area contributed by atoms with E-state index in [0.717, 1.165) is 62.5 Å². The minimum atomic E-state index is -0.520. The summed E-state index contributed by atoms with van der Waals surface area (Å²) >= 11 is 0. The van der Waals surface area contributed by atoms with Gasteiger partial charge in [-0.25, -0.2) is 4.79 Å². The molecule has 2 aromatic rings. The van der Waals surface area contributed by atoms with Crippen molar-refractivity contribution < 1.29 is 14.3 Å². The molecule has 2 fully saturated rings. The van der Waals surface area contributed by atoms with Crippen LogP contribution >= 0.6 is 0 Å². The van der Waals surface area contributed by atoms with Gasteiger partial charge in [-0.15, -0.1) is 0 Å². The van der Waals surface area contributed by atoms with Crippen LogP contribution in [0.3, 0.4) is 0 Å². The first-order valence-corrected chi connectivity index (χ1v) is 11.7. The number of hydrogen-bond acceptors (Lipinski definition) is 3. The van der Waals surface area contributed by atoms with Gasteiger partial charge in [-0.05, 0) is 84.7 Å². The summed E-state index contributed by atoms with van der Waals surface area (Å²) in [5.41, 5.74) is 6.54. The molecule has 0 aromatic heterocycles. The van der Waals surface area contributed by atoms with Crippen LogP contribution in [0.15, 0.2) is 36.4 Å². The summed E-state index contributed by atoms with van der Waals surface area (Å²) in [6.45, 7) is 8.67. The van der Waals surface area contributed by atoms with Crippen molar-refractivity contribution in [3.05, 3.63) is 69.8 Å². The molecule has 30 heavy (non-hydrogen) atoms. The molecule has 0 saturated heterocycles. The van der Waals surface area contributed by atoms with Crippen molar-refractivity contribution in [3.63, 3.8) is 0 Å². The highest BCUT2D eigenvalue weighted by atomic mass is 16.7. The van der Waals surface area contributed by atoms with Gasteiger partial charge in [-0.3, -0.25) is 0 Å². The molecule has 0 heterocycles. The van der Waals surface area contributed by atoms with Gasteiger partial charge in [0.25, 0.3) is 0 Å². The monoisotopic (exact) mass is 406 g/mol. The molecule has 0 atom stereocenters. The average Bonchev–Trinajstić information content (AvgIpc) is 3.70. The van der Waals surface area contributed by atoms with Crippen LogP contribution in [0, 0.1) is 0 Å². The maximum atomic E-state index is 12.9. The fourth-order valence-electron chi connectivity index (χ4n) is 4.63. The van der Waals surface area contributed by atoms with E-state index in [-0.39, 0.29) is 0 Å². The lowest BCUT2D eigenvalue weighted by Crippen LogP contribution is -2.25. The molecule has 0 aliphatic heterocycles. The Bertz CT molecular complexity index is 860. The Morgan fingerprint density at radius 1 is 0.700 bits per heavy atom. The Labute approximate surface area is 180 Å². The molecule has 4 rings (SSSR count). The molecule has 2 aliphatic carbocycles. The van der Waals surface area contributed by atoms with E-state index in [9.17, 15) is 4.79 Å². The quantitative estimate of drug-likeness (QED) is 0.454. The largest absolute Gasteiger partial charge is 0.510 e. The second-order valence-corrected chi connectivity index (χ2v) is 8.84. The Morgan fingerprint density at radius 2 is 1.10 bits per heavy atom. The zero-order chi connectivity index (χ0) is 21.4. The second-order valence-electron chi connectivity index (χ2n) is 8.84. The lowest BCUT2D eigenvalue weighted by atomic mass is 9.95. The zero-order valence-corrected chi connectivity index (χ0v) is 18.8. The van der Waals surface area contributed by atoms with Crippen LogP contribution in [-0.4, -0.2) is 6.16 Å². The van der Waals surface area contributed by atoms with Crippen molar-refractivity contribution in [2.75, 3.05) is 0 Å². The normalized spacial score (nSPS) is 18.0. The lowest BCUT2D eigenvalue weighted by Gasteiger charge is -2.24. The van der Waals surface area contributed by atoms with E-state index in [1.807, 2.05) is 0 Å². The van der Waals surface area contributed by atoms with E-state index in [1.165, 1.54) is 22.3 Å². The first-order valence-electron chi connectivity index (χ1n) is 11.7. The SMILES string of the molecule is CCc1ccc(C2(OC(=O)OC3(c4ccc(CC)cc4CC)CC3)CC2)c(CC)c1. The summed E-state index contributed by atoms with van der Waals surface area (Å²) in [6.07, 6.45) is 6.89. The minimum absolute atomic E-state index is 0.496. The third kappa shape index (κ3) is 3.87. The third-order valence-electron chi connectivity index (χ3n) is 6.86. The number of carbonyl (C=O) groups is 1. The van der Waals surface area contributed by atoms with Gasteiger partial charge >= 0.3 is 6.16 Å². The second kappa shape index (κ2) is 8.09. The topological polar surface area (TPSA) is 35.5 Å². The summed E-state index contributed by atoms with van der Waals surface area (Å²) in [4.78, 5) is 12.9. The average molecular weight is 407 g/mol. The summed E-state index contributed by atoms with van der Waals surface area (Å²) < 4.78 is 12.0. The van der Waals surface area contributed by atoms with Gasteiger partial charge < -0.3 is 9.47 Å². The first-order chi connectivity index (χ1) is 14.5.